The topological polar surface area (TPSA) is 100 Å². The summed E-state index contributed by atoms with van der Waals surface area (Å²) in [5.74, 6) is -0.687. The molecular formula is C26H31N3O5. The Morgan fingerprint density at radius 3 is 2.26 bits per heavy atom. The van der Waals surface area contributed by atoms with E-state index in [1.807, 2.05) is 6.07 Å². The third-order valence-electron chi connectivity index (χ3n) is 4.78. The van der Waals surface area contributed by atoms with Gasteiger partial charge in [0.1, 0.15) is 16.9 Å². The zero-order valence-electron chi connectivity index (χ0n) is 20.8. The van der Waals surface area contributed by atoms with Crippen molar-refractivity contribution in [2.75, 3.05) is 0 Å². The lowest BCUT2D eigenvalue weighted by Crippen LogP contribution is -2.26. The number of ether oxygens (including phenoxy) is 2. The molecule has 0 atom stereocenters. The first-order chi connectivity index (χ1) is 15.8. The van der Waals surface area contributed by atoms with E-state index in [9.17, 15) is 14.4 Å². The first kappa shape index (κ1) is 25.1. The van der Waals surface area contributed by atoms with Crippen molar-refractivity contribution in [2.24, 2.45) is 0 Å². The van der Waals surface area contributed by atoms with Crippen molar-refractivity contribution in [3.05, 3.63) is 59.3 Å². The fourth-order valence-corrected chi connectivity index (χ4v) is 3.38. The lowest BCUT2D eigenvalue weighted by atomic mass is 10.0. The summed E-state index contributed by atoms with van der Waals surface area (Å²) in [5.41, 5.74) is 1.10. The Hall–Kier alpha value is -3.55. The SMILES string of the molecule is CCC(=O)c1cc(C(=O)OC(C)(C)C)cc(Cc2cncc3c2ccn3C(=O)OC(C)(C)C)n1. The molecule has 8 nitrogen and oxygen atoms in total. The average molecular weight is 466 g/mol. The second kappa shape index (κ2) is 9.37. The lowest BCUT2D eigenvalue weighted by molar-refractivity contribution is 0.00689. The third-order valence-corrected chi connectivity index (χ3v) is 4.78. The minimum atomic E-state index is -0.671. The van der Waals surface area contributed by atoms with Crippen LogP contribution in [0.4, 0.5) is 4.79 Å². The van der Waals surface area contributed by atoms with Crippen LogP contribution >= 0.6 is 0 Å². The van der Waals surface area contributed by atoms with Gasteiger partial charge in [0.15, 0.2) is 5.78 Å². The largest absolute Gasteiger partial charge is 0.456 e. The molecule has 0 aromatic carbocycles. The van der Waals surface area contributed by atoms with E-state index in [0.717, 1.165) is 10.9 Å². The Kier molecular flexibility index (Phi) is 6.91. The molecule has 0 spiro atoms. The smallest absolute Gasteiger partial charge is 0.419 e. The fraction of sp³-hybridized carbons (Fsp3) is 0.423. The molecule has 0 unspecified atom stereocenters. The second-order valence-electron chi connectivity index (χ2n) is 10.1. The molecule has 0 aliphatic heterocycles. The van der Waals surface area contributed by atoms with E-state index in [1.165, 1.54) is 10.6 Å². The Labute approximate surface area is 199 Å². The van der Waals surface area contributed by atoms with Crippen LogP contribution in [0.3, 0.4) is 0 Å². The number of carbonyl (C=O) groups is 3. The molecule has 34 heavy (non-hydrogen) atoms. The number of pyridine rings is 2. The van der Waals surface area contributed by atoms with Gasteiger partial charge in [0.2, 0.25) is 0 Å². The van der Waals surface area contributed by atoms with Gasteiger partial charge in [0.25, 0.3) is 0 Å². The molecule has 0 N–H and O–H groups in total. The Balaban J connectivity index is 2.00. The number of Topliss-reactive ketones (excluding diaryl/α,β-unsaturated/α-hetero) is 1. The van der Waals surface area contributed by atoms with Gasteiger partial charge < -0.3 is 9.47 Å². The number of nitrogens with zero attached hydrogens (tertiary/aromatic N) is 3. The Morgan fingerprint density at radius 1 is 0.971 bits per heavy atom. The molecule has 0 aliphatic rings. The molecule has 0 amide bonds. The summed E-state index contributed by atoms with van der Waals surface area (Å²) in [7, 11) is 0. The predicted molar refractivity (Wildman–Crippen MR) is 128 cm³/mol. The summed E-state index contributed by atoms with van der Waals surface area (Å²) < 4.78 is 12.4. The third kappa shape index (κ3) is 6.07. The summed E-state index contributed by atoms with van der Waals surface area (Å²) >= 11 is 0. The van der Waals surface area contributed by atoms with Gasteiger partial charge in [-0.05, 0) is 65.3 Å². The van der Waals surface area contributed by atoms with Gasteiger partial charge >= 0.3 is 12.1 Å². The van der Waals surface area contributed by atoms with Crippen molar-refractivity contribution in [1.29, 1.82) is 0 Å². The summed E-state index contributed by atoms with van der Waals surface area (Å²) in [6, 6.07) is 4.91. The van der Waals surface area contributed by atoms with Crippen molar-refractivity contribution in [1.82, 2.24) is 14.5 Å². The van der Waals surface area contributed by atoms with Gasteiger partial charge in [0, 0.05) is 36.3 Å². The van der Waals surface area contributed by atoms with Crippen molar-refractivity contribution in [2.45, 2.75) is 72.5 Å². The zero-order valence-corrected chi connectivity index (χ0v) is 20.8. The Bertz CT molecular complexity index is 1250. The van der Waals surface area contributed by atoms with Gasteiger partial charge in [-0.3, -0.25) is 14.3 Å². The van der Waals surface area contributed by atoms with E-state index in [0.29, 0.717) is 17.6 Å². The maximum absolute atomic E-state index is 12.7. The maximum atomic E-state index is 12.7. The number of esters is 1. The van der Waals surface area contributed by atoms with Crippen LogP contribution in [0.1, 0.15) is 87.0 Å². The number of ketones is 1. The summed E-state index contributed by atoms with van der Waals surface area (Å²) in [6.45, 7) is 12.5. The lowest BCUT2D eigenvalue weighted by Gasteiger charge is -2.20. The van der Waals surface area contributed by atoms with Gasteiger partial charge in [-0.15, -0.1) is 0 Å². The van der Waals surface area contributed by atoms with Crippen molar-refractivity contribution in [3.63, 3.8) is 0 Å². The van der Waals surface area contributed by atoms with Crippen LogP contribution in [0.5, 0.6) is 0 Å². The number of fused-ring (bicyclic) bond motifs is 1. The van der Waals surface area contributed by atoms with Crippen molar-refractivity contribution >= 4 is 28.7 Å². The average Bonchev–Trinajstić information content (AvgIpc) is 3.16. The molecule has 0 aliphatic carbocycles. The molecule has 180 valence electrons. The maximum Gasteiger partial charge on any atom is 0.419 e. The van der Waals surface area contributed by atoms with Crippen LogP contribution in [-0.4, -0.2) is 43.6 Å². The molecule has 3 heterocycles. The van der Waals surface area contributed by atoms with E-state index in [2.05, 4.69) is 9.97 Å². The van der Waals surface area contributed by atoms with E-state index in [1.54, 1.807) is 73.1 Å². The number of rotatable bonds is 5. The molecule has 3 aromatic heterocycles. The highest BCUT2D eigenvalue weighted by molar-refractivity contribution is 5.98. The van der Waals surface area contributed by atoms with E-state index in [4.69, 9.17) is 9.47 Å². The van der Waals surface area contributed by atoms with Crippen LogP contribution in [0.25, 0.3) is 10.9 Å². The minimum absolute atomic E-state index is 0.168. The number of hydrogen-bond donors (Lipinski definition) is 0. The zero-order chi connectivity index (χ0) is 25.3. The standard InChI is InChI=1S/C26H31N3O5/c1-8-22(30)20-13-16(23(31)33-25(2,3)4)11-18(28-20)12-17-14-27-15-21-19(17)9-10-29(21)24(32)34-26(5,6)7/h9-11,13-15H,8,12H2,1-7H3. The van der Waals surface area contributed by atoms with Gasteiger partial charge in [0.05, 0.1) is 17.3 Å². The fourth-order valence-electron chi connectivity index (χ4n) is 3.38. The summed E-state index contributed by atoms with van der Waals surface area (Å²) in [6.07, 6.45) is 5.00. The van der Waals surface area contributed by atoms with Gasteiger partial charge in [-0.25, -0.2) is 14.6 Å². The van der Waals surface area contributed by atoms with E-state index in [-0.39, 0.29) is 23.5 Å². The number of carbonyl (C=O) groups excluding carboxylic acids is 3. The first-order valence-corrected chi connectivity index (χ1v) is 11.2. The van der Waals surface area contributed by atoms with Crippen LogP contribution in [0.15, 0.2) is 36.8 Å². The molecule has 8 heteroatoms. The number of hydrogen-bond acceptors (Lipinski definition) is 7. The molecule has 3 rings (SSSR count). The van der Waals surface area contributed by atoms with E-state index < -0.39 is 23.3 Å². The highest BCUT2D eigenvalue weighted by Gasteiger charge is 2.22. The van der Waals surface area contributed by atoms with Crippen LogP contribution < -0.4 is 0 Å². The monoisotopic (exact) mass is 465 g/mol. The predicted octanol–water partition coefficient (Wildman–Crippen LogP) is 5.35. The summed E-state index contributed by atoms with van der Waals surface area (Å²) in [5, 5.41) is 0.800. The minimum Gasteiger partial charge on any atom is -0.456 e. The van der Waals surface area contributed by atoms with Crippen molar-refractivity contribution in [3.8, 4) is 0 Å². The molecule has 0 fully saturated rings. The normalized spacial score (nSPS) is 12.0. The molecule has 3 aromatic rings. The number of aromatic nitrogens is 3. The molecule has 0 saturated carbocycles. The second-order valence-corrected chi connectivity index (χ2v) is 10.1. The molecule has 0 radical (unpaired) electrons. The first-order valence-electron chi connectivity index (χ1n) is 11.2. The van der Waals surface area contributed by atoms with Crippen LogP contribution in [0.2, 0.25) is 0 Å². The molecule has 0 bridgehead atoms. The summed E-state index contributed by atoms with van der Waals surface area (Å²) in [4.78, 5) is 46.5. The highest BCUT2D eigenvalue weighted by atomic mass is 16.6. The quantitative estimate of drug-likeness (QED) is 0.370. The van der Waals surface area contributed by atoms with E-state index >= 15 is 0 Å². The van der Waals surface area contributed by atoms with Crippen LogP contribution in [-0.2, 0) is 15.9 Å². The highest BCUT2D eigenvalue weighted by Crippen LogP contribution is 2.24. The van der Waals surface area contributed by atoms with Gasteiger partial charge in [-0.1, -0.05) is 6.92 Å². The molecule has 0 saturated heterocycles. The Morgan fingerprint density at radius 2 is 1.65 bits per heavy atom. The molecular weight excluding hydrogens is 434 g/mol. The van der Waals surface area contributed by atoms with Crippen LogP contribution in [0, 0.1) is 0 Å². The van der Waals surface area contributed by atoms with Crippen molar-refractivity contribution < 1.29 is 23.9 Å². The van der Waals surface area contributed by atoms with Gasteiger partial charge in [-0.2, -0.15) is 0 Å².